The molecule has 0 radical (unpaired) electrons. The van der Waals surface area contributed by atoms with Gasteiger partial charge in [0, 0.05) is 17.5 Å². The standard InChI is InChI=1S/C29H26N2O5/c1-33-23-13-11-21(12-14-23)26-15-16-28(35-26)29(32)30-18-22-17-24(36-31-22)19-34-27-10-6-5-9-25(27)20-7-3-2-4-8-20/h2-16,24H,17-19H2,1H3,(H,30,32). The van der Waals surface area contributed by atoms with Crippen molar-refractivity contribution in [3.8, 4) is 33.9 Å². The molecule has 0 saturated heterocycles. The number of furan rings is 1. The van der Waals surface area contributed by atoms with Crippen molar-refractivity contribution in [2.45, 2.75) is 12.5 Å². The number of nitrogens with one attached hydrogen (secondary N) is 1. The molecular formula is C29H26N2O5. The second kappa shape index (κ2) is 10.8. The molecule has 0 fully saturated rings. The highest BCUT2D eigenvalue weighted by molar-refractivity contribution is 5.96. The highest BCUT2D eigenvalue weighted by atomic mass is 16.7. The summed E-state index contributed by atoms with van der Waals surface area (Å²) in [5, 5.41) is 6.97. The summed E-state index contributed by atoms with van der Waals surface area (Å²) in [6.45, 7) is 0.628. The molecule has 0 bridgehead atoms. The molecule has 0 spiro atoms. The van der Waals surface area contributed by atoms with Crippen LogP contribution in [0.25, 0.3) is 22.5 Å². The van der Waals surface area contributed by atoms with Gasteiger partial charge in [-0.05, 0) is 48.0 Å². The van der Waals surface area contributed by atoms with Crippen LogP contribution in [-0.2, 0) is 4.84 Å². The molecule has 5 rings (SSSR count). The zero-order valence-electron chi connectivity index (χ0n) is 19.8. The van der Waals surface area contributed by atoms with Gasteiger partial charge in [0.25, 0.3) is 5.91 Å². The number of hydrogen-bond donors (Lipinski definition) is 1. The van der Waals surface area contributed by atoms with Gasteiger partial charge in [-0.2, -0.15) is 0 Å². The summed E-state index contributed by atoms with van der Waals surface area (Å²) in [7, 11) is 1.62. The Balaban J connectivity index is 1.11. The van der Waals surface area contributed by atoms with Crippen LogP contribution in [-0.4, -0.2) is 38.0 Å². The van der Waals surface area contributed by atoms with Crippen molar-refractivity contribution in [1.29, 1.82) is 0 Å². The Morgan fingerprint density at radius 1 is 0.944 bits per heavy atom. The van der Waals surface area contributed by atoms with Crippen LogP contribution in [0, 0.1) is 0 Å². The van der Waals surface area contributed by atoms with Crippen molar-refractivity contribution >= 4 is 11.6 Å². The fourth-order valence-electron chi connectivity index (χ4n) is 3.95. The van der Waals surface area contributed by atoms with E-state index in [4.69, 9.17) is 18.7 Å². The summed E-state index contributed by atoms with van der Waals surface area (Å²) in [6, 6.07) is 28.9. The third kappa shape index (κ3) is 5.41. The number of carbonyl (C=O) groups excluding carboxylic acids is 1. The van der Waals surface area contributed by atoms with Gasteiger partial charge in [0.15, 0.2) is 11.9 Å². The number of amides is 1. The molecule has 1 aliphatic rings. The van der Waals surface area contributed by atoms with Crippen LogP contribution < -0.4 is 14.8 Å². The molecule has 1 N–H and O–H groups in total. The van der Waals surface area contributed by atoms with Gasteiger partial charge in [-0.1, -0.05) is 53.7 Å². The lowest BCUT2D eigenvalue weighted by molar-refractivity contribution is 0.0472. The smallest absolute Gasteiger partial charge is 0.287 e. The minimum Gasteiger partial charge on any atom is -0.497 e. The first-order chi connectivity index (χ1) is 17.7. The minimum atomic E-state index is -0.311. The number of benzene rings is 3. The number of rotatable bonds is 9. The quantitative estimate of drug-likeness (QED) is 0.337. The van der Waals surface area contributed by atoms with Crippen molar-refractivity contribution in [3.63, 3.8) is 0 Å². The van der Waals surface area contributed by atoms with Crippen LogP contribution >= 0.6 is 0 Å². The number of methoxy groups -OCH3 is 1. The molecule has 1 amide bonds. The number of oxime groups is 1. The van der Waals surface area contributed by atoms with Crippen LogP contribution in [0.4, 0.5) is 0 Å². The van der Waals surface area contributed by atoms with Gasteiger partial charge < -0.3 is 24.0 Å². The SMILES string of the molecule is COc1ccc(-c2ccc(C(=O)NCC3=NOC(COc4ccccc4-c4ccccc4)C3)o2)cc1. The van der Waals surface area contributed by atoms with Crippen molar-refractivity contribution in [2.24, 2.45) is 5.16 Å². The van der Waals surface area contributed by atoms with Crippen LogP contribution in [0.5, 0.6) is 11.5 Å². The van der Waals surface area contributed by atoms with Crippen LogP contribution in [0.3, 0.4) is 0 Å². The number of hydrogen-bond acceptors (Lipinski definition) is 6. The molecule has 4 aromatic rings. The first-order valence-corrected chi connectivity index (χ1v) is 11.7. The van der Waals surface area contributed by atoms with E-state index in [9.17, 15) is 4.79 Å². The fourth-order valence-corrected chi connectivity index (χ4v) is 3.95. The predicted octanol–water partition coefficient (Wildman–Crippen LogP) is 5.58. The summed E-state index contributed by atoms with van der Waals surface area (Å²) in [5.41, 5.74) is 3.72. The highest BCUT2D eigenvalue weighted by Gasteiger charge is 2.23. The van der Waals surface area contributed by atoms with Crippen LogP contribution in [0.15, 0.2) is 101 Å². The predicted molar refractivity (Wildman–Crippen MR) is 137 cm³/mol. The van der Waals surface area contributed by atoms with E-state index in [2.05, 4.69) is 22.6 Å². The lowest BCUT2D eigenvalue weighted by Gasteiger charge is -2.14. The van der Waals surface area contributed by atoms with Crippen molar-refractivity contribution < 1.29 is 23.5 Å². The van der Waals surface area contributed by atoms with E-state index < -0.39 is 0 Å². The third-order valence-corrected chi connectivity index (χ3v) is 5.85. The van der Waals surface area contributed by atoms with Crippen LogP contribution in [0.1, 0.15) is 17.0 Å². The number of para-hydroxylation sites is 1. The van der Waals surface area contributed by atoms with Gasteiger partial charge in [0.2, 0.25) is 0 Å². The first-order valence-electron chi connectivity index (χ1n) is 11.7. The Hall–Kier alpha value is -4.52. The third-order valence-electron chi connectivity index (χ3n) is 5.85. The maximum Gasteiger partial charge on any atom is 0.287 e. The molecule has 7 heteroatoms. The molecule has 1 aromatic heterocycles. The minimum absolute atomic E-state index is 0.217. The molecule has 182 valence electrons. The van der Waals surface area contributed by atoms with Crippen molar-refractivity contribution in [2.75, 3.05) is 20.3 Å². The topological polar surface area (TPSA) is 82.3 Å². The Labute approximate surface area is 209 Å². The first kappa shape index (κ1) is 23.2. The van der Waals surface area contributed by atoms with Gasteiger partial charge in [-0.15, -0.1) is 0 Å². The summed E-state index contributed by atoms with van der Waals surface area (Å²) < 4.78 is 17.0. The Kier molecular flexibility index (Phi) is 6.98. The van der Waals surface area contributed by atoms with Crippen LogP contribution in [0.2, 0.25) is 0 Å². The summed E-state index contributed by atoms with van der Waals surface area (Å²) >= 11 is 0. The number of carbonyl (C=O) groups is 1. The summed E-state index contributed by atoms with van der Waals surface area (Å²) in [6.07, 6.45) is 0.356. The normalized spacial score (nSPS) is 14.6. The monoisotopic (exact) mass is 482 g/mol. The van der Waals surface area contributed by atoms with E-state index in [1.165, 1.54) is 0 Å². The van der Waals surface area contributed by atoms with E-state index in [-0.39, 0.29) is 24.3 Å². The molecule has 36 heavy (non-hydrogen) atoms. The van der Waals surface area contributed by atoms with Crippen molar-refractivity contribution in [1.82, 2.24) is 5.32 Å². The molecule has 1 unspecified atom stereocenters. The number of nitrogens with zero attached hydrogens (tertiary/aromatic N) is 1. The Bertz CT molecular complexity index is 1350. The molecule has 3 aromatic carbocycles. The second-order valence-corrected chi connectivity index (χ2v) is 8.34. The molecular weight excluding hydrogens is 456 g/mol. The van der Waals surface area contributed by atoms with E-state index in [1.807, 2.05) is 66.7 Å². The molecule has 1 atom stereocenters. The summed E-state index contributed by atoms with van der Waals surface area (Å²) in [5.74, 6) is 2.08. The maximum atomic E-state index is 12.6. The van der Waals surface area contributed by atoms with E-state index in [0.29, 0.717) is 18.8 Å². The number of ether oxygens (including phenoxy) is 2. The molecule has 1 aliphatic heterocycles. The summed E-state index contributed by atoms with van der Waals surface area (Å²) in [4.78, 5) is 18.1. The van der Waals surface area contributed by atoms with Gasteiger partial charge in [-0.25, -0.2) is 0 Å². The van der Waals surface area contributed by atoms with E-state index in [0.717, 1.165) is 33.9 Å². The van der Waals surface area contributed by atoms with Gasteiger partial charge in [0.1, 0.15) is 23.9 Å². The highest BCUT2D eigenvalue weighted by Crippen LogP contribution is 2.30. The maximum absolute atomic E-state index is 12.6. The molecule has 0 aliphatic carbocycles. The van der Waals surface area contributed by atoms with Gasteiger partial charge >= 0.3 is 0 Å². The van der Waals surface area contributed by atoms with Crippen molar-refractivity contribution in [3.05, 3.63) is 96.8 Å². The Morgan fingerprint density at radius 2 is 1.72 bits per heavy atom. The lowest BCUT2D eigenvalue weighted by atomic mass is 10.0. The van der Waals surface area contributed by atoms with E-state index in [1.54, 1.807) is 19.2 Å². The largest absolute Gasteiger partial charge is 0.497 e. The lowest BCUT2D eigenvalue weighted by Crippen LogP contribution is -2.29. The molecule has 2 heterocycles. The fraction of sp³-hybridized carbons (Fsp3) is 0.172. The van der Waals surface area contributed by atoms with Gasteiger partial charge in [-0.3, -0.25) is 4.79 Å². The van der Waals surface area contributed by atoms with E-state index >= 15 is 0 Å². The average Bonchev–Trinajstić information content (AvgIpc) is 3.62. The molecule has 0 saturated carbocycles. The average molecular weight is 483 g/mol. The zero-order chi connectivity index (χ0) is 24.7. The van der Waals surface area contributed by atoms with Gasteiger partial charge in [0.05, 0.1) is 19.4 Å². The second-order valence-electron chi connectivity index (χ2n) is 8.34. The zero-order valence-corrected chi connectivity index (χ0v) is 19.8. The Morgan fingerprint density at radius 3 is 2.53 bits per heavy atom. The molecule has 7 nitrogen and oxygen atoms in total.